The quantitative estimate of drug-likeness (QED) is 0.783. The van der Waals surface area contributed by atoms with Crippen molar-refractivity contribution in [2.45, 2.75) is 26.5 Å². The van der Waals surface area contributed by atoms with E-state index in [1.165, 1.54) is 0 Å². The molecule has 1 heterocycles. The van der Waals surface area contributed by atoms with E-state index in [1.54, 1.807) is 18.3 Å². The van der Waals surface area contributed by atoms with Gasteiger partial charge in [0.15, 0.2) is 0 Å². The Balaban J connectivity index is 1.80. The average Bonchev–Trinajstić information content (AvgIpc) is 2.50. The Bertz CT molecular complexity index is 611. The van der Waals surface area contributed by atoms with Gasteiger partial charge in [0.05, 0.1) is 18.3 Å². The monoisotopic (exact) mass is 300 g/mol. The van der Waals surface area contributed by atoms with Crippen molar-refractivity contribution >= 4 is 6.03 Å². The third-order valence-electron chi connectivity index (χ3n) is 3.14. The minimum absolute atomic E-state index is 0.148. The zero-order chi connectivity index (χ0) is 15.9. The second kappa shape index (κ2) is 7.51. The van der Waals surface area contributed by atoms with E-state index in [4.69, 9.17) is 0 Å². The fourth-order valence-electron chi connectivity index (χ4n) is 2.17. The standard InChI is InChI=1S/C16H20N4O2/c1-11-6-12(2)8-13(7-11)15(21)10-18-16(22)17-9-14-4-3-5-19-20-14/h3-8,15,21H,9-10H2,1-2H3,(H2,17,18,22). The first-order chi connectivity index (χ1) is 10.5. The van der Waals surface area contributed by atoms with Crippen LogP contribution in [-0.4, -0.2) is 27.9 Å². The Morgan fingerprint density at radius 2 is 1.95 bits per heavy atom. The van der Waals surface area contributed by atoms with Gasteiger partial charge in [0.25, 0.3) is 0 Å². The highest BCUT2D eigenvalue weighted by atomic mass is 16.3. The summed E-state index contributed by atoms with van der Waals surface area (Å²) in [6.45, 7) is 4.39. The first kappa shape index (κ1) is 15.9. The lowest BCUT2D eigenvalue weighted by molar-refractivity contribution is 0.173. The van der Waals surface area contributed by atoms with Gasteiger partial charge in [-0.2, -0.15) is 10.2 Å². The molecule has 0 saturated carbocycles. The molecule has 0 bridgehead atoms. The van der Waals surface area contributed by atoms with Crippen LogP contribution in [0.1, 0.15) is 28.5 Å². The topological polar surface area (TPSA) is 87.1 Å². The zero-order valence-electron chi connectivity index (χ0n) is 12.7. The average molecular weight is 300 g/mol. The molecule has 0 aliphatic carbocycles. The van der Waals surface area contributed by atoms with Crippen LogP contribution in [0.5, 0.6) is 0 Å². The summed E-state index contributed by atoms with van der Waals surface area (Å²) in [5, 5.41) is 23.0. The molecular formula is C16H20N4O2. The smallest absolute Gasteiger partial charge is 0.315 e. The molecule has 0 aliphatic rings. The first-order valence-corrected chi connectivity index (χ1v) is 7.09. The summed E-state index contributed by atoms with van der Waals surface area (Å²) in [5.41, 5.74) is 3.64. The van der Waals surface area contributed by atoms with Crippen LogP contribution in [0.2, 0.25) is 0 Å². The number of aliphatic hydroxyl groups is 1. The van der Waals surface area contributed by atoms with Gasteiger partial charge in [0, 0.05) is 12.7 Å². The minimum atomic E-state index is -0.735. The number of benzene rings is 1. The summed E-state index contributed by atoms with van der Waals surface area (Å²) >= 11 is 0. The second-order valence-electron chi connectivity index (χ2n) is 5.22. The van der Waals surface area contributed by atoms with Crippen LogP contribution in [0, 0.1) is 13.8 Å². The number of nitrogens with zero attached hydrogens (tertiary/aromatic N) is 2. The van der Waals surface area contributed by atoms with Gasteiger partial charge in [-0.3, -0.25) is 0 Å². The van der Waals surface area contributed by atoms with Gasteiger partial charge < -0.3 is 15.7 Å². The molecule has 2 aromatic rings. The van der Waals surface area contributed by atoms with Crippen molar-refractivity contribution in [2.24, 2.45) is 0 Å². The lowest BCUT2D eigenvalue weighted by Gasteiger charge is -2.14. The summed E-state index contributed by atoms with van der Waals surface area (Å²) in [6.07, 6.45) is 0.838. The summed E-state index contributed by atoms with van der Waals surface area (Å²) in [6, 6.07) is 9.04. The normalized spacial score (nSPS) is 11.8. The molecular weight excluding hydrogens is 280 g/mol. The largest absolute Gasteiger partial charge is 0.387 e. The van der Waals surface area contributed by atoms with Gasteiger partial charge in [-0.15, -0.1) is 0 Å². The molecule has 0 saturated heterocycles. The van der Waals surface area contributed by atoms with Crippen LogP contribution in [-0.2, 0) is 6.54 Å². The number of amides is 2. The SMILES string of the molecule is Cc1cc(C)cc(C(O)CNC(=O)NCc2cccnn2)c1. The number of aromatic nitrogens is 2. The molecule has 0 radical (unpaired) electrons. The van der Waals surface area contributed by atoms with Crippen molar-refractivity contribution in [3.8, 4) is 0 Å². The fourth-order valence-corrected chi connectivity index (χ4v) is 2.17. The van der Waals surface area contributed by atoms with Crippen LogP contribution in [0.4, 0.5) is 4.79 Å². The predicted molar refractivity (Wildman–Crippen MR) is 83.1 cm³/mol. The van der Waals surface area contributed by atoms with E-state index >= 15 is 0 Å². The Morgan fingerprint density at radius 3 is 2.59 bits per heavy atom. The number of hydrogen-bond donors (Lipinski definition) is 3. The molecule has 2 rings (SSSR count). The molecule has 0 aliphatic heterocycles. The van der Waals surface area contributed by atoms with E-state index < -0.39 is 6.10 Å². The number of urea groups is 1. The van der Waals surface area contributed by atoms with E-state index in [0.29, 0.717) is 12.2 Å². The molecule has 116 valence electrons. The predicted octanol–water partition coefficient (Wildman–Crippen LogP) is 1.63. The van der Waals surface area contributed by atoms with Gasteiger partial charge in [-0.25, -0.2) is 4.79 Å². The maximum Gasteiger partial charge on any atom is 0.315 e. The molecule has 3 N–H and O–H groups in total. The Labute approximate surface area is 129 Å². The van der Waals surface area contributed by atoms with Crippen LogP contribution in [0.3, 0.4) is 0 Å². The molecule has 6 heteroatoms. The van der Waals surface area contributed by atoms with E-state index in [1.807, 2.05) is 32.0 Å². The molecule has 6 nitrogen and oxygen atoms in total. The molecule has 1 unspecified atom stereocenters. The minimum Gasteiger partial charge on any atom is -0.387 e. The van der Waals surface area contributed by atoms with E-state index in [2.05, 4.69) is 20.8 Å². The molecule has 0 fully saturated rings. The summed E-state index contributed by atoms with van der Waals surface area (Å²) in [7, 11) is 0. The first-order valence-electron chi connectivity index (χ1n) is 7.09. The summed E-state index contributed by atoms with van der Waals surface area (Å²) in [5.74, 6) is 0. The highest BCUT2D eigenvalue weighted by Gasteiger charge is 2.10. The molecule has 1 atom stereocenters. The van der Waals surface area contributed by atoms with E-state index in [-0.39, 0.29) is 12.6 Å². The molecule has 22 heavy (non-hydrogen) atoms. The van der Waals surface area contributed by atoms with Crippen molar-refractivity contribution in [3.05, 3.63) is 58.9 Å². The van der Waals surface area contributed by atoms with Crippen molar-refractivity contribution in [1.29, 1.82) is 0 Å². The number of rotatable bonds is 5. The van der Waals surface area contributed by atoms with Crippen LogP contribution in [0.25, 0.3) is 0 Å². The molecule has 0 spiro atoms. The van der Waals surface area contributed by atoms with Crippen LogP contribution in [0.15, 0.2) is 36.5 Å². The number of aliphatic hydroxyl groups excluding tert-OH is 1. The zero-order valence-corrected chi connectivity index (χ0v) is 12.7. The fraction of sp³-hybridized carbons (Fsp3) is 0.312. The van der Waals surface area contributed by atoms with Crippen molar-refractivity contribution in [1.82, 2.24) is 20.8 Å². The number of hydrogen-bond acceptors (Lipinski definition) is 4. The Hall–Kier alpha value is -2.47. The van der Waals surface area contributed by atoms with Crippen molar-refractivity contribution in [2.75, 3.05) is 6.54 Å². The van der Waals surface area contributed by atoms with Gasteiger partial charge in [-0.05, 0) is 31.5 Å². The highest BCUT2D eigenvalue weighted by molar-refractivity contribution is 5.73. The number of carbonyl (C=O) groups is 1. The van der Waals surface area contributed by atoms with Gasteiger partial charge >= 0.3 is 6.03 Å². The number of nitrogens with one attached hydrogen (secondary N) is 2. The van der Waals surface area contributed by atoms with Crippen LogP contribution < -0.4 is 10.6 Å². The maximum absolute atomic E-state index is 11.7. The van der Waals surface area contributed by atoms with Crippen molar-refractivity contribution in [3.63, 3.8) is 0 Å². The Kier molecular flexibility index (Phi) is 5.43. The third-order valence-corrected chi connectivity index (χ3v) is 3.14. The van der Waals surface area contributed by atoms with Crippen LogP contribution >= 0.6 is 0 Å². The second-order valence-corrected chi connectivity index (χ2v) is 5.22. The maximum atomic E-state index is 11.7. The molecule has 1 aromatic heterocycles. The third kappa shape index (κ3) is 4.82. The Morgan fingerprint density at radius 1 is 1.23 bits per heavy atom. The molecule has 1 aromatic carbocycles. The lowest BCUT2D eigenvalue weighted by atomic mass is 10.0. The summed E-state index contributed by atoms with van der Waals surface area (Å²) in [4.78, 5) is 11.7. The molecule has 2 amide bonds. The number of aryl methyl sites for hydroxylation is 2. The summed E-state index contributed by atoms with van der Waals surface area (Å²) < 4.78 is 0. The van der Waals surface area contributed by atoms with Gasteiger partial charge in [-0.1, -0.05) is 29.3 Å². The van der Waals surface area contributed by atoms with E-state index in [0.717, 1.165) is 16.7 Å². The van der Waals surface area contributed by atoms with E-state index in [9.17, 15) is 9.90 Å². The highest BCUT2D eigenvalue weighted by Crippen LogP contribution is 2.16. The number of carbonyl (C=O) groups excluding carboxylic acids is 1. The van der Waals surface area contributed by atoms with Gasteiger partial charge in [0.1, 0.15) is 0 Å². The lowest BCUT2D eigenvalue weighted by Crippen LogP contribution is -2.37. The van der Waals surface area contributed by atoms with Crippen molar-refractivity contribution < 1.29 is 9.90 Å². The van der Waals surface area contributed by atoms with Gasteiger partial charge in [0.2, 0.25) is 0 Å².